The lowest BCUT2D eigenvalue weighted by Gasteiger charge is -2.12. The second-order valence-electron chi connectivity index (χ2n) is 5.89. The molecule has 2 N–H and O–H groups in total. The first-order valence-corrected chi connectivity index (χ1v) is 9.20. The summed E-state index contributed by atoms with van der Waals surface area (Å²) in [6.45, 7) is 3.99. The predicted octanol–water partition coefficient (Wildman–Crippen LogP) is 4.35. The zero-order chi connectivity index (χ0) is 17.6. The number of carbonyl (C=O) groups excluding carboxylic acids is 1. The largest absolute Gasteiger partial charge is 0.346 e. The molecule has 3 rings (SSSR count). The molecule has 0 saturated carbocycles. The number of aromatic amines is 1. The van der Waals surface area contributed by atoms with Gasteiger partial charge in [-0.25, -0.2) is 4.98 Å². The highest BCUT2D eigenvalue weighted by Crippen LogP contribution is 2.22. The van der Waals surface area contributed by atoms with E-state index in [0.717, 1.165) is 22.0 Å². The molecule has 1 heterocycles. The monoisotopic (exact) mass is 351 g/mol. The number of hydrogen-bond acceptors (Lipinski definition) is 3. The maximum absolute atomic E-state index is 12.2. The van der Waals surface area contributed by atoms with Crippen LogP contribution in [0.1, 0.15) is 24.4 Å². The van der Waals surface area contributed by atoms with Crippen molar-refractivity contribution in [3.8, 4) is 11.3 Å². The zero-order valence-corrected chi connectivity index (χ0v) is 15.1. The maximum atomic E-state index is 12.2. The summed E-state index contributed by atoms with van der Waals surface area (Å²) >= 11 is 1.55. The predicted molar refractivity (Wildman–Crippen MR) is 102 cm³/mol. The Morgan fingerprint density at radius 1 is 1.16 bits per heavy atom. The van der Waals surface area contributed by atoms with Gasteiger partial charge in [0.2, 0.25) is 5.91 Å². The van der Waals surface area contributed by atoms with E-state index in [9.17, 15) is 4.79 Å². The van der Waals surface area contributed by atoms with Crippen LogP contribution in [0.2, 0.25) is 0 Å². The van der Waals surface area contributed by atoms with E-state index in [0.29, 0.717) is 5.75 Å². The molecule has 1 aromatic heterocycles. The van der Waals surface area contributed by atoms with Gasteiger partial charge in [0, 0.05) is 4.90 Å². The van der Waals surface area contributed by atoms with E-state index in [1.54, 1.807) is 18.0 Å². The molecule has 4 nitrogen and oxygen atoms in total. The lowest BCUT2D eigenvalue weighted by Crippen LogP contribution is -2.28. The molecule has 5 heteroatoms. The molecule has 0 aliphatic heterocycles. The summed E-state index contributed by atoms with van der Waals surface area (Å²) in [5.41, 5.74) is 3.22. The first-order valence-electron chi connectivity index (χ1n) is 8.21. The fourth-order valence-corrected chi connectivity index (χ4v) is 3.37. The average molecular weight is 351 g/mol. The van der Waals surface area contributed by atoms with Crippen molar-refractivity contribution in [1.82, 2.24) is 15.3 Å². The van der Waals surface area contributed by atoms with Crippen molar-refractivity contribution in [2.24, 2.45) is 0 Å². The van der Waals surface area contributed by atoms with Gasteiger partial charge in [-0.2, -0.15) is 0 Å². The number of carbonyl (C=O) groups is 1. The lowest BCUT2D eigenvalue weighted by atomic mass is 10.2. The molecule has 25 heavy (non-hydrogen) atoms. The molecular weight excluding hydrogens is 330 g/mol. The molecule has 128 valence electrons. The fraction of sp³-hybridized carbons (Fsp3) is 0.200. The van der Waals surface area contributed by atoms with Gasteiger partial charge < -0.3 is 10.3 Å². The molecule has 0 radical (unpaired) electrons. The summed E-state index contributed by atoms with van der Waals surface area (Å²) in [4.78, 5) is 21.0. The number of aromatic nitrogens is 2. The Labute approximate surface area is 152 Å². The number of benzene rings is 2. The number of nitrogens with zero attached hydrogens (tertiary/aromatic N) is 1. The maximum Gasteiger partial charge on any atom is 0.230 e. The van der Waals surface area contributed by atoms with E-state index in [4.69, 9.17) is 0 Å². The van der Waals surface area contributed by atoms with E-state index >= 15 is 0 Å². The van der Waals surface area contributed by atoms with Crippen LogP contribution >= 0.6 is 11.8 Å². The Balaban J connectivity index is 1.57. The van der Waals surface area contributed by atoms with Crippen molar-refractivity contribution < 1.29 is 4.79 Å². The molecule has 0 aliphatic carbocycles. The van der Waals surface area contributed by atoms with Crippen molar-refractivity contribution >= 4 is 17.7 Å². The number of H-pyrrole nitrogens is 1. The molecule has 0 saturated heterocycles. The molecular formula is C20H21N3OS. The van der Waals surface area contributed by atoms with Gasteiger partial charge >= 0.3 is 0 Å². The quantitative estimate of drug-likeness (QED) is 0.649. The van der Waals surface area contributed by atoms with Crippen molar-refractivity contribution in [3.63, 3.8) is 0 Å². The standard InChI is InChI=1S/C20H21N3OS/c1-14-8-6-7-11-18(14)25-13-19(24)22-15(2)20-21-12-17(23-20)16-9-4-3-5-10-16/h3-12,15H,13H2,1-2H3,(H,21,23)(H,22,24). The van der Waals surface area contributed by atoms with Crippen molar-refractivity contribution in [3.05, 3.63) is 72.2 Å². The van der Waals surface area contributed by atoms with Gasteiger partial charge in [-0.05, 0) is 31.0 Å². The molecule has 0 bridgehead atoms. The van der Waals surface area contributed by atoms with E-state index < -0.39 is 0 Å². The molecule has 0 fully saturated rings. The van der Waals surface area contributed by atoms with Crippen molar-refractivity contribution in [2.75, 3.05) is 5.75 Å². The highest BCUT2D eigenvalue weighted by molar-refractivity contribution is 8.00. The topological polar surface area (TPSA) is 57.8 Å². The number of rotatable bonds is 6. The van der Waals surface area contributed by atoms with E-state index in [2.05, 4.69) is 28.3 Å². The SMILES string of the molecule is Cc1ccccc1SCC(=O)NC(C)c1ncc(-c2ccccc2)[nH]1. The van der Waals surface area contributed by atoms with Gasteiger partial charge in [-0.1, -0.05) is 48.5 Å². The summed E-state index contributed by atoms with van der Waals surface area (Å²) in [7, 11) is 0. The summed E-state index contributed by atoms with van der Waals surface area (Å²) in [5.74, 6) is 1.15. The minimum absolute atomic E-state index is 0.00147. The minimum Gasteiger partial charge on any atom is -0.346 e. The van der Waals surface area contributed by atoms with Crippen LogP contribution in [-0.4, -0.2) is 21.6 Å². The Morgan fingerprint density at radius 3 is 2.64 bits per heavy atom. The van der Waals surface area contributed by atoms with Gasteiger partial charge in [0.15, 0.2) is 0 Å². The number of imidazole rings is 1. The smallest absolute Gasteiger partial charge is 0.230 e. The van der Waals surface area contributed by atoms with Gasteiger partial charge in [-0.3, -0.25) is 4.79 Å². The van der Waals surface area contributed by atoms with Crippen LogP contribution in [0.5, 0.6) is 0 Å². The Kier molecular flexibility index (Phi) is 5.56. The summed E-state index contributed by atoms with van der Waals surface area (Å²) in [6, 6.07) is 17.9. The van der Waals surface area contributed by atoms with Gasteiger partial charge in [0.05, 0.1) is 23.7 Å². The van der Waals surface area contributed by atoms with E-state index in [1.165, 1.54) is 5.56 Å². The second-order valence-corrected chi connectivity index (χ2v) is 6.91. The highest BCUT2D eigenvalue weighted by atomic mass is 32.2. The lowest BCUT2D eigenvalue weighted by molar-refractivity contribution is -0.119. The highest BCUT2D eigenvalue weighted by Gasteiger charge is 2.14. The number of nitrogens with one attached hydrogen (secondary N) is 2. The van der Waals surface area contributed by atoms with Crippen molar-refractivity contribution in [2.45, 2.75) is 24.8 Å². The first-order chi connectivity index (χ1) is 12.1. The number of thioether (sulfide) groups is 1. The fourth-order valence-electron chi connectivity index (χ4n) is 2.53. The third kappa shape index (κ3) is 4.51. The molecule has 1 atom stereocenters. The third-order valence-corrected chi connectivity index (χ3v) is 5.10. The van der Waals surface area contributed by atoms with Crippen LogP contribution in [0.3, 0.4) is 0 Å². The minimum atomic E-state index is -0.164. The van der Waals surface area contributed by atoms with Crippen LogP contribution in [0.25, 0.3) is 11.3 Å². The van der Waals surface area contributed by atoms with Crippen LogP contribution in [0, 0.1) is 6.92 Å². The summed E-state index contributed by atoms with van der Waals surface area (Å²) < 4.78 is 0. The summed E-state index contributed by atoms with van der Waals surface area (Å²) in [5, 5.41) is 3.00. The summed E-state index contributed by atoms with van der Waals surface area (Å²) in [6.07, 6.45) is 1.80. The van der Waals surface area contributed by atoms with E-state index in [1.807, 2.05) is 55.5 Å². The number of hydrogen-bond donors (Lipinski definition) is 2. The van der Waals surface area contributed by atoms with Crippen LogP contribution in [0.4, 0.5) is 0 Å². The van der Waals surface area contributed by atoms with Gasteiger partial charge in [0.1, 0.15) is 5.82 Å². The third-order valence-electron chi connectivity index (χ3n) is 3.92. The Bertz CT molecular complexity index is 845. The average Bonchev–Trinajstić information content (AvgIpc) is 3.12. The molecule has 2 aromatic carbocycles. The first kappa shape index (κ1) is 17.3. The van der Waals surface area contributed by atoms with E-state index in [-0.39, 0.29) is 11.9 Å². The van der Waals surface area contributed by atoms with Crippen LogP contribution < -0.4 is 5.32 Å². The molecule has 1 amide bonds. The molecule has 1 unspecified atom stereocenters. The number of amides is 1. The van der Waals surface area contributed by atoms with Crippen LogP contribution in [-0.2, 0) is 4.79 Å². The molecule has 0 spiro atoms. The number of aryl methyl sites for hydroxylation is 1. The normalized spacial score (nSPS) is 11.9. The Morgan fingerprint density at radius 2 is 1.88 bits per heavy atom. The van der Waals surface area contributed by atoms with Gasteiger partial charge in [0.25, 0.3) is 0 Å². The van der Waals surface area contributed by atoms with Crippen molar-refractivity contribution in [1.29, 1.82) is 0 Å². The molecule has 0 aliphatic rings. The van der Waals surface area contributed by atoms with Gasteiger partial charge in [-0.15, -0.1) is 11.8 Å². The van der Waals surface area contributed by atoms with Crippen LogP contribution in [0.15, 0.2) is 65.7 Å². The molecule has 3 aromatic rings. The Hall–Kier alpha value is -2.53. The second kappa shape index (κ2) is 8.03. The zero-order valence-electron chi connectivity index (χ0n) is 14.3.